The predicted molar refractivity (Wildman–Crippen MR) is 144 cm³/mol. The summed E-state index contributed by atoms with van der Waals surface area (Å²) in [5.74, 6) is -2.36. The van der Waals surface area contributed by atoms with Gasteiger partial charge in [0.1, 0.15) is 13.2 Å². The van der Waals surface area contributed by atoms with E-state index in [9.17, 15) is 14.4 Å². The maximum absolute atomic E-state index is 14.3. The number of carbonyl (C=O) groups excluding carboxylic acids is 3. The largest absolute Gasteiger partial charge is 0.486 e. The predicted octanol–water partition coefficient (Wildman–Crippen LogP) is 3.04. The molecule has 9 nitrogen and oxygen atoms in total. The quantitative estimate of drug-likeness (QED) is 0.400. The van der Waals surface area contributed by atoms with Gasteiger partial charge in [-0.3, -0.25) is 14.9 Å². The summed E-state index contributed by atoms with van der Waals surface area (Å²) < 4.78 is 16.6. The van der Waals surface area contributed by atoms with Crippen molar-refractivity contribution in [2.24, 2.45) is 11.8 Å². The number of imide groups is 1. The molecule has 0 spiro atoms. The van der Waals surface area contributed by atoms with Crippen LogP contribution in [0, 0.1) is 11.8 Å². The molecule has 3 aliphatic rings. The van der Waals surface area contributed by atoms with Crippen molar-refractivity contribution in [1.82, 2.24) is 5.32 Å². The van der Waals surface area contributed by atoms with Gasteiger partial charge in [0.15, 0.2) is 17.0 Å². The first kappa shape index (κ1) is 24.9. The first-order valence-electron chi connectivity index (χ1n) is 12.8. The molecule has 9 heteroatoms. The van der Waals surface area contributed by atoms with Crippen molar-refractivity contribution in [3.8, 4) is 11.5 Å². The topological polar surface area (TPSA) is 97.4 Å². The minimum absolute atomic E-state index is 0.372. The van der Waals surface area contributed by atoms with Gasteiger partial charge in [0, 0.05) is 31.9 Å². The summed E-state index contributed by atoms with van der Waals surface area (Å²) in [6.07, 6.45) is 0. The Morgan fingerprint density at radius 2 is 1.64 bits per heavy atom. The standard InChI is InChI=1S/C30H29N3O6/c1-32(2)20-11-9-18(10-12-20)26-24-25(30(31-26,29(36)37-3)19-7-5-4-6-8-19)28(35)33(27(24)34)21-13-14-22-23(17-21)39-16-15-38-22/h4-14,17,24-26,31H,15-16H2,1-3H3/t24-,25+,26-,30-/m1/s1. The van der Waals surface area contributed by atoms with Gasteiger partial charge in [-0.1, -0.05) is 42.5 Å². The molecule has 3 aromatic carbocycles. The van der Waals surface area contributed by atoms with Gasteiger partial charge in [-0.25, -0.2) is 9.69 Å². The summed E-state index contributed by atoms with van der Waals surface area (Å²) in [6, 6.07) is 21.1. The number of hydrogen-bond donors (Lipinski definition) is 1. The molecule has 2 fully saturated rings. The van der Waals surface area contributed by atoms with Gasteiger partial charge in [-0.15, -0.1) is 0 Å². The second kappa shape index (κ2) is 9.43. The SMILES string of the molecule is COC(=O)[C@]1(c2ccccc2)N[C@H](c2ccc(N(C)C)cc2)[C@@H]2C(=O)N(c3ccc4c(c3)OCCO4)C(=O)[C@H]21. The van der Waals surface area contributed by atoms with Crippen molar-refractivity contribution in [3.63, 3.8) is 0 Å². The van der Waals surface area contributed by atoms with E-state index in [0.29, 0.717) is 36.0 Å². The Kier molecular flexibility index (Phi) is 6.03. The van der Waals surface area contributed by atoms with Crippen molar-refractivity contribution in [1.29, 1.82) is 0 Å². The Morgan fingerprint density at radius 1 is 0.949 bits per heavy atom. The summed E-state index contributed by atoms with van der Waals surface area (Å²) in [5, 5.41) is 3.42. The number of rotatable bonds is 5. The molecule has 0 saturated carbocycles. The van der Waals surface area contributed by atoms with Crippen LogP contribution < -0.4 is 24.6 Å². The van der Waals surface area contributed by atoms with Crippen LogP contribution in [0.5, 0.6) is 11.5 Å². The van der Waals surface area contributed by atoms with Crippen molar-refractivity contribution in [2.75, 3.05) is 44.2 Å². The number of benzene rings is 3. The van der Waals surface area contributed by atoms with Crippen LogP contribution in [0.4, 0.5) is 11.4 Å². The highest BCUT2D eigenvalue weighted by Crippen LogP contribution is 2.54. The van der Waals surface area contributed by atoms with E-state index in [-0.39, 0.29) is 0 Å². The van der Waals surface area contributed by atoms with Crippen LogP contribution in [-0.4, -0.2) is 52.2 Å². The summed E-state index contributed by atoms with van der Waals surface area (Å²) in [7, 11) is 5.19. The molecule has 4 atom stereocenters. The fourth-order valence-electron chi connectivity index (χ4n) is 6.03. The van der Waals surface area contributed by atoms with Crippen LogP contribution in [0.3, 0.4) is 0 Å². The monoisotopic (exact) mass is 527 g/mol. The van der Waals surface area contributed by atoms with Gasteiger partial charge >= 0.3 is 5.97 Å². The van der Waals surface area contributed by atoms with E-state index in [1.54, 1.807) is 42.5 Å². The summed E-state index contributed by atoms with van der Waals surface area (Å²) in [6.45, 7) is 0.800. The Balaban J connectivity index is 1.51. The fourth-order valence-corrected chi connectivity index (χ4v) is 6.03. The van der Waals surface area contributed by atoms with Crippen molar-refractivity contribution < 1.29 is 28.6 Å². The molecule has 6 rings (SSSR count). The molecule has 0 aliphatic carbocycles. The molecule has 200 valence electrons. The van der Waals surface area contributed by atoms with Crippen molar-refractivity contribution in [2.45, 2.75) is 11.6 Å². The minimum Gasteiger partial charge on any atom is -0.486 e. The molecule has 1 N–H and O–H groups in total. The Hall–Kier alpha value is -4.37. The minimum atomic E-state index is -1.57. The van der Waals surface area contributed by atoms with Gasteiger partial charge in [-0.05, 0) is 35.4 Å². The number of anilines is 2. The van der Waals surface area contributed by atoms with Crippen LogP contribution >= 0.6 is 0 Å². The lowest BCUT2D eigenvalue weighted by Gasteiger charge is -2.33. The number of esters is 1. The first-order chi connectivity index (χ1) is 18.9. The maximum Gasteiger partial charge on any atom is 0.331 e. The van der Waals surface area contributed by atoms with Crippen molar-refractivity contribution in [3.05, 3.63) is 83.9 Å². The highest BCUT2D eigenvalue weighted by atomic mass is 16.6. The normalized spacial score (nSPS) is 25.4. The van der Waals surface area contributed by atoms with Crippen molar-refractivity contribution >= 4 is 29.2 Å². The van der Waals surface area contributed by atoms with Crippen LogP contribution in [0.2, 0.25) is 0 Å². The summed E-state index contributed by atoms with van der Waals surface area (Å²) >= 11 is 0. The van der Waals surface area contributed by atoms with E-state index in [1.807, 2.05) is 49.3 Å². The molecule has 0 aromatic heterocycles. The highest BCUT2D eigenvalue weighted by Gasteiger charge is 2.69. The Morgan fingerprint density at radius 3 is 2.31 bits per heavy atom. The molecule has 39 heavy (non-hydrogen) atoms. The smallest absolute Gasteiger partial charge is 0.331 e. The number of nitrogens with one attached hydrogen (secondary N) is 1. The van der Waals surface area contributed by atoms with Crippen LogP contribution in [0.25, 0.3) is 0 Å². The van der Waals surface area contributed by atoms with E-state index in [0.717, 1.165) is 11.3 Å². The van der Waals surface area contributed by atoms with E-state index in [2.05, 4.69) is 5.32 Å². The lowest BCUT2D eigenvalue weighted by molar-refractivity contribution is -0.152. The second-order valence-electron chi connectivity index (χ2n) is 10.1. The molecule has 0 unspecified atom stereocenters. The van der Waals surface area contributed by atoms with Gasteiger partial charge in [0.05, 0.1) is 24.6 Å². The number of hydrogen-bond acceptors (Lipinski definition) is 8. The molecule has 3 aromatic rings. The third-order valence-corrected chi connectivity index (χ3v) is 7.85. The van der Waals surface area contributed by atoms with Crippen LogP contribution in [0.1, 0.15) is 17.2 Å². The number of carbonyl (C=O) groups is 3. The number of fused-ring (bicyclic) bond motifs is 2. The van der Waals surface area contributed by atoms with Gasteiger partial charge in [0.2, 0.25) is 11.8 Å². The number of amides is 2. The number of ether oxygens (including phenoxy) is 3. The average molecular weight is 528 g/mol. The zero-order chi connectivity index (χ0) is 27.3. The summed E-state index contributed by atoms with van der Waals surface area (Å²) in [4.78, 5) is 45.3. The maximum atomic E-state index is 14.3. The van der Waals surface area contributed by atoms with E-state index < -0.39 is 41.2 Å². The molecule has 0 bridgehead atoms. The van der Waals surface area contributed by atoms with E-state index >= 15 is 0 Å². The molecule has 3 heterocycles. The van der Waals surface area contributed by atoms with E-state index in [1.165, 1.54) is 12.0 Å². The van der Waals surface area contributed by atoms with Crippen LogP contribution in [0.15, 0.2) is 72.8 Å². The number of nitrogens with zero attached hydrogens (tertiary/aromatic N) is 2. The molecule has 0 radical (unpaired) electrons. The fraction of sp³-hybridized carbons (Fsp3) is 0.300. The van der Waals surface area contributed by atoms with Gasteiger partial charge in [-0.2, -0.15) is 0 Å². The molecular weight excluding hydrogens is 498 g/mol. The average Bonchev–Trinajstić information content (AvgIpc) is 3.46. The second-order valence-corrected chi connectivity index (χ2v) is 10.1. The highest BCUT2D eigenvalue weighted by molar-refractivity contribution is 6.24. The lowest BCUT2D eigenvalue weighted by Crippen LogP contribution is -2.53. The Labute approximate surface area is 226 Å². The molecule has 3 aliphatic heterocycles. The van der Waals surface area contributed by atoms with Gasteiger partial charge in [0.25, 0.3) is 0 Å². The third kappa shape index (κ3) is 3.76. The zero-order valence-electron chi connectivity index (χ0n) is 21.9. The molecule has 2 amide bonds. The number of methoxy groups -OCH3 is 1. The van der Waals surface area contributed by atoms with Crippen LogP contribution in [-0.2, 0) is 24.7 Å². The zero-order valence-corrected chi connectivity index (χ0v) is 21.9. The molecule has 2 saturated heterocycles. The Bertz CT molecular complexity index is 1440. The summed E-state index contributed by atoms with van der Waals surface area (Å²) in [5.41, 5.74) is 1.15. The molecular formula is C30H29N3O6. The lowest BCUT2D eigenvalue weighted by atomic mass is 9.75. The van der Waals surface area contributed by atoms with Gasteiger partial charge < -0.3 is 19.1 Å². The van der Waals surface area contributed by atoms with E-state index in [4.69, 9.17) is 14.2 Å². The first-order valence-corrected chi connectivity index (χ1v) is 12.8. The third-order valence-electron chi connectivity index (χ3n) is 7.85.